The van der Waals surface area contributed by atoms with Crippen molar-refractivity contribution in [2.45, 2.75) is 40.2 Å². The molecule has 3 nitrogen and oxygen atoms in total. The van der Waals surface area contributed by atoms with Crippen LogP contribution in [0.4, 0.5) is 0 Å². The van der Waals surface area contributed by atoms with Gasteiger partial charge in [-0.2, -0.15) is 0 Å². The van der Waals surface area contributed by atoms with E-state index in [1.54, 1.807) is 0 Å². The van der Waals surface area contributed by atoms with Crippen molar-refractivity contribution in [2.24, 2.45) is 0 Å². The molecule has 1 N–H and O–H groups in total. The molecule has 3 heteroatoms. The first-order valence-electron chi connectivity index (χ1n) is 6.53. The lowest BCUT2D eigenvalue weighted by Crippen LogP contribution is -2.00. The van der Waals surface area contributed by atoms with Crippen LogP contribution in [0.15, 0.2) is 24.3 Å². The number of hydrogen-bond donors (Lipinski definition) is 1. The molecule has 0 aliphatic rings. The van der Waals surface area contributed by atoms with E-state index in [4.69, 9.17) is 0 Å². The normalized spacial score (nSPS) is 10.8. The van der Waals surface area contributed by atoms with Crippen LogP contribution in [0, 0.1) is 6.92 Å². The minimum atomic E-state index is 0.175. The van der Waals surface area contributed by atoms with E-state index in [2.05, 4.69) is 43.2 Å². The molecule has 0 saturated carbocycles. The van der Waals surface area contributed by atoms with Crippen molar-refractivity contribution < 1.29 is 5.11 Å². The lowest BCUT2D eigenvalue weighted by molar-refractivity contribution is 0.434. The summed E-state index contributed by atoms with van der Waals surface area (Å²) in [6.07, 6.45) is 1.86. The van der Waals surface area contributed by atoms with Crippen LogP contribution in [-0.2, 0) is 13.0 Å². The van der Waals surface area contributed by atoms with Crippen molar-refractivity contribution in [1.82, 2.24) is 9.78 Å². The second-order valence-electron chi connectivity index (χ2n) is 4.58. The summed E-state index contributed by atoms with van der Waals surface area (Å²) in [7, 11) is 0. The molecule has 0 unspecified atom stereocenters. The lowest BCUT2D eigenvalue weighted by Gasteiger charge is -2.07. The number of aromatic hydroxyl groups is 1. The number of hydrogen-bond acceptors (Lipinski definition) is 2. The lowest BCUT2D eigenvalue weighted by atomic mass is 10.0. The van der Waals surface area contributed by atoms with Crippen molar-refractivity contribution in [2.75, 3.05) is 0 Å². The second-order valence-corrected chi connectivity index (χ2v) is 4.58. The Labute approximate surface area is 108 Å². The van der Waals surface area contributed by atoms with Crippen molar-refractivity contribution in [1.29, 1.82) is 0 Å². The number of nitrogens with zero attached hydrogens (tertiary/aromatic N) is 2. The van der Waals surface area contributed by atoms with E-state index >= 15 is 0 Å². The van der Waals surface area contributed by atoms with E-state index in [9.17, 15) is 5.11 Å². The Morgan fingerprint density at radius 3 is 2.39 bits per heavy atom. The molecule has 0 bridgehead atoms. The third-order valence-electron chi connectivity index (χ3n) is 3.15. The SMILES string of the molecule is CCCc1c(O)nn(CC)c1-c1ccc(C)cc1. The van der Waals surface area contributed by atoms with Crippen LogP contribution >= 0.6 is 0 Å². The third-order valence-corrected chi connectivity index (χ3v) is 3.15. The van der Waals surface area contributed by atoms with Crippen LogP contribution < -0.4 is 0 Å². The maximum absolute atomic E-state index is 9.96. The molecule has 96 valence electrons. The Morgan fingerprint density at radius 1 is 1.17 bits per heavy atom. The molecular weight excluding hydrogens is 224 g/mol. The third kappa shape index (κ3) is 2.26. The van der Waals surface area contributed by atoms with Crippen LogP contribution in [0.5, 0.6) is 5.88 Å². The number of aryl methyl sites for hydroxylation is 2. The van der Waals surface area contributed by atoms with Gasteiger partial charge < -0.3 is 5.11 Å². The molecule has 0 aliphatic heterocycles. The minimum Gasteiger partial charge on any atom is -0.492 e. The summed E-state index contributed by atoms with van der Waals surface area (Å²) < 4.78 is 1.88. The molecule has 1 aromatic heterocycles. The standard InChI is InChI=1S/C15H20N2O/c1-4-6-13-14(17(5-2)16-15(13)18)12-9-7-11(3)8-10-12/h7-10H,4-6H2,1-3H3,(H,16,18). The fourth-order valence-electron chi connectivity index (χ4n) is 2.23. The molecule has 0 atom stereocenters. The van der Waals surface area contributed by atoms with Gasteiger partial charge in [0.25, 0.3) is 0 Å². The number of aromatic nitrogens is 2. The Bertz CT molecular complexity index is 526. The van der Waals surface area contributed by atoms with Gasteiger partial charge in [0.1, 0.15) is 0 Å². The van der Waals surface area contributed by atoms with Crippen molar-refractivity contribution in [3.05, 3.63) is 35.4 Å². The van der Waals surface area contributed by atoms with Gasteiger partial charge in [-0.05, 0) is 20.3 Å². The summed E-state index contributed by atoms with van der Waals surface area (Å²) in [4.78, 5) is 0. The average Bonchev–Trinajstić information content (AvgIpc) is 2.68. The van der Waals surface area contributed by atoms with Gasteiger partial charge in [0.05, 0.1) is 5.69 Å². The predicted molar refractivity (Wildman–Crippen MR) is 73.7 cm³/mol. The van der Waals surface area contributed by atoms with E-state index in [1.165, 1.54) is 5.56 Å². The van der Waals surface area contributed by atoms with E-state index in [0.717, 1.165) is 36.2 Å². The van der Waals surface area contributed by atoms with Gasteiger partial charge in [0.15, 0.2) is 0 Å². The molecule has 2 aromatic rings. The van der Waals surface area contributed by atoms with Gasteiger partial charge >= 0.3 is 0 Å². The van der Waals surface area contributed by atoms with E-state index in [-0.39, 0.29) is 5.88 Å². The topological polar surface area (TPSA) is 38.1 Å². The molecule has 0 amide bonds. The van der Waals surface area contributed by atoms with E-state index in [0.29, 0.717) is 0 Å². The Kier molecular flexibility index (Phi) is 3.70. The van der Waals surface area contributed by atoms with Gasteiger partial charge in [-0.3, -0.25) is 4.68 Å². The maximum Gasteiger partial charge on any atom is 0.234 e. The molecule has 0 saturated heterocycles. The van der Waals surface area contributed by atoms with Gasteiger partial charge in [-0.1, -0.05) is 43.2 Å². The maximum atomic E-state index is 9.96. The Morgan fingerprint density at radius 2 is 1.83 bits per heavy atom. The zero-order valence-corrected chi connectivity index (χ0v) is 11.3. The summed E-state index contributed by atoms with van der Waals surface area (Å²) in [5, 5.41) is 14.2. The van der Waals surface area contributed by atoms with Crippen LogP contribution in [0.2, 0.25) is 0 Å². The van der Waals surface area contributed by atoms with Crippen molar-refractivity contribution in [3.8, 4) is 17.1 Å². The monoisotopic (exact) mass is 244 g/mol. The highest BCUT2D eigenvalue weighted by molar-refractivity contribution is 5.66. The molecule has 18 heavy (non-hydrogen) atoms. The molecule has 1 heterocycles. The predicted octanol–water partition coefficient (Wildman–Crippen LogP) is 3.54. The largest absolute Gasteiger partial charge is 0.492 e. The quantitative estimate of drug-likeness (QED) is 0.893. The second kappa shape index (κ2) is 5.25. The highest BCUT2D eigenvalue weighted by Crippen LogP contribution is 2.31. The summed E-state index contributed by atoms with van der Waals surface area (Å²) in [6, 6.07) is 8.37. The average molecular weight is 244 g/mol. The van der Waals surface area contributed by atoms with E-state index in [1.807, 2.05) is 11.6 Å². The number of benzene rings is 1. The Balaban J connectivity index is 2.56. The molecule has 2 rings (SSSR count). The smallest absolute Gasteiger partial charge is 0.234 e. The summed E-state index contributed by atoms with van der Waals surface area (Å²) >= 11 is 0. The van der Waals surface area contributed by atoms with Crippen LogP contribution in [-0.4, -0.2) is 14.9 Å². The van der Waals surface area contributed by atoms with Crippen LogP contribution in [0.25, 0.3) is 11.3 Å². The fourth-order valence-corrected chi connectivity index (χ4v) is 2.23. The summed E-state index contributed by atoms with van der Waals surface area (Å²) in [5.41, 5.74) is 4.38. The van der Waals surface area contributed by atoms with E-state index < -0.39 is 0 Å². The first-order valence-corrected chi connectivity index (χ1v) is 6.53. The highest BCUT2D eigenvalue weighted by atomic mass is 16.3. The fraction of sp³-hybridized carbons (Fsp3) is 0.400. The van der Waals surface area contributed by atoms with Crippen molar-refractivity contribution in [3.63, 3.8) is 0 Å². The highest BCUT2D eigenvalue weighted by Gasteiger charge is 2.17. The molecule has 0 fully saturated rings. The molecule has 0 spiro atoms. The van der Waals surface area contributed by atoms with Crippen LogP contribution in [0.3, 0.4) is 0 Å². The summed E-state index contributed by atoms with van der Waals surface area (Å²) in [5.74, 6) is 0.175. The summed E-state index contributed by atoms with van der Waals surface area (Å²) in [6.45, 7) is 6.99. The molecular formula is C15H20N2O. The van der Waals surface area contributed by atoms with Gasteiger partial charge in [-0.15, -0.1) is 5.10 Å². The molecule has 0 radical (unpaired) electrons. The van der Waals surface area contributed by atoms with Crippen molar-refractivity contribution >= 4 is 0 Å². The molecule has 1 aromatic carbocycles. The first-order chi connectivity index (χ1) is 8.67. The van der Waals surface area contributed by atoms with Gasteiger partial charge in [0.2, 0.25) is 5.88 Å². The molecule has 0 aliphatic carbocycles. The zero-order valence-electron chi connectivity index (χ0n) is 11.3. The van der Waals surface area contributed by atoms with Gasteiger partial charge in [-0.25, -0.2) is 0 Å². The Hall–Kier alpha value is -1.77. The van der Waals surface area contributed by atoms with Gasteiger partial charge in [0, 0.05) is 17.7 Å². The van der Waals surface area contributed by atoms with Crippen LogP contribution in [0.1, 0.15) is 31.4 Å². The number of rotatable bonds is 4. The zero-order chi connectivity index (χ0) is 13.1. The minimum absolute atomic E-state index is 0.175. The first kappa shape index (κ1) is 12.7.